The molecule has 2 N–H and O–H groups in total. The molecule has 3 heteroatoms. The molecule has 4 rings (SSSR count). The summed E-state index contributed by atoms with van der Waals surface area (Å²) in [6, 6.07) is 0. The molecule has 3 fully saturated rings. The molecule has 6 unspecified atom stereocenters. The fraction of sp³-hybridized carbons (Fsp3) is 0.864. The number of allylic oxidation sites excluding steroid dienone is 1. The number of ketones is 1. The molecule has 0 aromatic rings. The first-order chi connectivity index (χ1) is 11.8. The Morgan fingerprint density at radius 1 is 1.12 bits per heavy atom. The summed E-state index contributed by atoms with van der Waals surface area (Å²) in [5.41, 5.74) is 0.0960. The number of aliphatic hydroxyl groups is 2. The molecule has 0 bridgehead atoms. The van der Waals surface area contributed by atoms with E-state index >= 15 is 0 Å². The second-order valence-corrected chi connectivity index (χ2v) is 9.88. The van der Waals surface area contributed by atoms with E-state index in [1.807, 2.05) is 6.08 Å². The van der Waals surface area contributed by atoms with Crippen molar-refractivity contribution in [3.8, 4) is 0 Å². The summed E-state index contributed by atoms with van der Waals surface area (Å²) in [6.45, 7) is 6.76. The number of aliphatic hydroxyl groups excluding tert-OH is 1. The van der Waals surface area contributed by atoms with Crippen LogP contribution in [0.2, 0.25) is 0 Å². The van der Waals surface area contributed by atoms with Crippen LogP contribution in [0.4, 0.5) is 0 Å². The van der Waals surface area contributed by atoms with E-state index in [0.717, 1.165) is 50.5 Å². The van der Waals surface area contributed by atoms with Crippen molar-refractivity contribution in [3.63, 3.8) is 0 Å². The Morgan fingerprint density at radius 2 is 1.88 bits per heavy atom. The average Bonchev–Trinajstić information content (AvgIpc) is 2.83. The number of fused-ring (bicyclic) bond motifs is 5. The van der Waals surface area contributed by atoms with Crippen molar-refractivity contribution in [2.75, 3.05) is 0 Å². The van der Waals surface area contributed by atoms with Gasteiger partial charge in [0.25, 0.3) is 0 Å². The van der Waals surface area contributed by atoms with Gasteiger partial charge in [0, 0.05) is 11.3 Å². The molecular weight excluding hydrogens is 312 g/mol. The summed E-state index contributed by atoms with van der Waals surface area (Å²) < 4.78 is 0. The summed E-state index contributed by atoms with van der Waals surface area (Å²) in [5, 5.41) is 22.0. The van der Waals surface area contributed by atoms with Crippen LogP contribution in [0.15, 0.2) is 11.6 Å². The first-order valence-corrected chi connectivity index (χ1v) is 10.4. The zero-order valence-electron chi connectivity index (χ0n) is 16.1. The monoisotopic (exact) mass is 346 g/mol. The fourth-order valence-electron chi connectivity index (χ4n) is 7.24. The first-order valence-electron chi connectivity index (χ1n) is 10.4. The van der Waals surface area contributed by atoms with Gasteiger partial charge in [0.05, 0.1) is 11.7 Å². The standard InChI is InChI=1S/C22H34O3/c1-4-5-14-6-11-22(25)17-13-19(24)18-12-15(23)7-9-20(18,2)16(17)8-10-21(14,22)3/h13-16,18,23,25H,4-12H2,1-3H3/t14?,15?,16?,18?,20?,21?,22-/m1/s1. The van der Waals surface area contributed by atoms with Crippen LogP contribution in [-0.2, 0) is 4.79 Å². The van der Waals surface area contributed by atoms with Gasteiger partial charge in [0.1, 0.15) is 0 Å². The molecule has 4 aliphatic carbocycles. The highest BCUT2D eigenvalue weighted by atomic mass is 16.3. The van der Waals surface area contributed by atoms with E-state index in [1.54, 1.807) is 0 Å². The first kappa shape index (κ1) is 17.7. The van der Waals surface area contributed by atoms with Crippen molar-refractivity contribution >= 4 is 5.78 Å². The van der Waals surface area contributed by atoms with Gasteiger partial charge in [-0.15, -0.1) is 0 Å². The van der Waals surface area contributed by atoms with Gasteiger partial charge in [-0.05, 0) is 73.8 Å². The lowest BCUT2D eigenvalue weighted by atomic mass is 9.46. The molecule has 3 nitrogen and oxygen atoms in total. The lowest BCUT2D eigenvalue weighted by Crippen LogP contribution is -2.59. The zero-order chi connectivity index (χ0) is 18.0. The van der Waals surface area contributed by atoms with E-state index in [4.69, 9.17) is 0 Å². The van der Waals surface area contributed by atoms with Crippen LogP contribution in [0.5, 0.6) is 0 Å². The van der Waals surface area contributed by atoms with Gasteiger partial charge >= 0.3 is 0 Å². The SMILES string of the molecule is CCCC1CC[C@@]2(O)C3=CC(=O)C4CC(O)CCC4(C)C3CCC12C. The van der Waals surface area contributed by atoms with E-state index in [0.29, 0.717) is 18.3 Å². The van der Waals surface area contributed by atoms with Crippen molar-refractivity contribution in [2.24, 2.45) is 28.6 Å². The van der Waals surface area contributed by atoms with Crippen molar-refractivity contribution in [3.05, 3.63) is 11.6 Å². The number of hydrogen-bond acceptors (Lipinski definition) is 3. The second-order valence-electron chi connectivity index (χ2n) is 9.88. The van der Waals surface area contributed by atoms with Crippen LogP contribution in [-0.4, -0.2) is 27.7 Å². The molecule has 0 aromatic carbocycles. The smallest absolute Gasteiger partial charge is 0.159 e. The molecule has 0 spiro atoms. The molecule has 3 saturated carbocycles. The molecule has 140 valence electrons. The van der Waals surface area contributed by atoms with Gasteiger partial charge in [-0.1, -0.05) is 33.6 Å². The van der Waals surface area contributed by atoms with Crippen molar-refractivity contribution in [2.45, 2.75) is 90.3 Å². The zero-order valence-corrected chi connectivity index (χ0v) is 16.1. The molecule has 4 aliphatic rings. The summed E-state index contributed by atoms with van der Waals surface area (Å²) in [4.78, 5) is 13.0. The Labute approximate surface area is 151 Å². The topological polar surface area (TPSA) is 57.5 Å². The third-order valence-corrected chi connectivity index (χ3v) is 8.90. The highest BCUT2D eigenvalue weighted by Gasteiger charge is 2.65. The molecule has 0 amide bonds. The van der Waals surface area contributed by atoms with Gasteiger partial charge < -0.3 is 10.2 Å². The molecule has 0 saturated heterocycles. The van der Waals surface area contributed by atoms with Gasteiger partial charge in [-0.2, -0.15) is 0 Å². The van der Waals surface area contributed by atoms with Crippen molar-refractivity contribution in [1.29, 1.82) is 0 Å². The minimum absolute atomic E-state index is 0.0641. The lowest BCUT2D eigenvalue weighted by molar-refractivity contribution is -0.140. The van der Waals surface area contributed by atoms with E-state index in [-0.39, 0.29) is 28.6 Å². The fourth-order valence-corrected chi connectivity index (χ4v) is 7.24. The molecular formula is C22H34O3. The Balaban J connectivity index is 1.76. The molecule has 7 atom stereocenters. The number of hydrogen-bond donors (Lipinski definition) is 2. The highest BCUT2D eigenvalue weighted by Crippen LogP contribution is 2.67. The minimum Gasteiger partial charge on any atom is -0.393 e. The minimum atomic E-state index is -0.796. The molecule has 0 aliphatic heterocycles. The maximum absolute atomic E-state index is 13.0. The van der Waals surface area contributed by atoms with Crippen molar-refractivity contribution in [1.82, 2.24) is 0 Å². The molecule has 0 radical (unpaired) electrons. The van der Waals surface area contributed by atoms with Gasteiger partial charge in [-0.3, -0.25) is 4.79 Å². The van der Waals surface area contributed by atoms with Crippen molar-refractivity contribution < 1.29 is 15.0 Å². The van der Waals surface area contributed by atoms with Crippen LogP contribution in [0.25, 0.3) is 0 Å². The normalized spacial score (nSPS) is 52.2. The van der Waals surface area contributed by atoms with E-state index in [2.05, 4.69) is 20.8 Å². The Bertz CT molecular complexity index is 610. The number of carbonyl (C=O) groups excluding carboxylic acids is 1. The summed E-state index contributed by atoms with van der Waals surface area (Å²) in [6.07, 6.45) is 10.2. The van der Waals surface area contributed by atoms with Gasteiger partial charge in [0.15, 0.2) is 5.78 Å². The quantitative estimate of drug-likeness (QED) is 0.794. The maximum Gasteiger partial charge on any atom is 0.159 e. The van der Waals surface area contributed by atoms with E-state index in [9.17, 15) is 15.0 Å². The summed E-state index contributed by atoms with van der Waals surface area (Å²) >= 11 is 0. The highest BCUT2D eigenvalue weighted by molar-refractivity contribution is 5.95. The second kappa shape index (κ2) is 5.66. The predicted octanol–water partition coefficient (Wildman–Crippen LogP) is 4.02. The Kier molecular flexibility index (Phi) is 4.01. The van der Waals surface area contributed by atoms with E-state index < -0.39 is 5.60 Å². The third kappa shape index (κ3) is 2.21. The summed E-state index contributed by atoms with van der Waals surface area (Å²) in [7, 11) is 0. The Hall–Kier alpha value is -0.670. The van der Waals surface area contributed by atoms with Gasteiger partial charge in [-0.25, -0.2) is 0 Å². The predicted molar refractivity (Wildman–Crippen MR) is 98.0 cm³/mol. The van der Waals surface area contributed by atoms with Crippen LogP contribution >= 0.6 is 0 Å². The number of carbonyl (C=O) groups is 1. The van der Waals surface area contributed by atoms with Crippen LogP contribution in [0.1, 0.15) is 78.6 Å². The Morgan fingerprint density at radius 3 is 2.60 bits per heavy atom. The number of rotatable bonds is 2. The van der Waals surface area contributed by atoms with E-state index in [1.165, 1.54) is 6.42 Å². The molecule has 0 aromatic heterocycles. The van der Waals surface area contributed by atoms with Crippen LogP contribution in [0.3, 0.4) is 0 Å². The summed E-state index contributed by atoms with van der Waals surface area (Å²) in [5.74, 6) is 0.967. The van der Waals surface area contributed by atoms with Crippen LogP contribution < -0.4 is 0 Å². The maximum atomic E-state index is 13.0. The molecule has 0 heterocycles. The average molecular weight is 347 g/mol. The van der Waals surface area contributed by atoms with Crippen LogP contribution in [0, 0.1) is 28.6 Å². The van der Waals surface area contributed by atoms with Gasteiger partial charge in [0.2, 0.25) is 0 Å². The lowest BCUT2D eigenvalue weighted by Gasteiger charge is -2.59. The molecule has 25 heavy (non-hydrogen) atoms. The largest absolute Gasteiger partial charge is 0.393 e. The third-order valence-electron chi connectivity index (χ3n) is 8.90.